The van der Waals surface area contributed by atoms with Crippen molar-refractivity contribution < 1.29 is 23.8 Å². The molecule has 0 aliphatic rings. The van der Waals surface area contributed by atoms with Crippen LogP contribution in [0.15, 0.2) is 42.5 Å². The number of aryl methyl sites for hydroxylation is 1. The molecule has 7 nitrogen and oxygen atoms in total. The topological polar surface area (TPSA) is 77.1 Å². The Kier molecular flexibility index (Phi) is 9.18. The summed E-state index contributed by atoms with van der Waals surface area (Å²) < 4.78 is 16.2. The van der Waals surface area contributed by atoms with Gasteiger partial charge in [0.05, 0.1) is 14.2 Å². The molecule has 0 aliphatic heterocycles. The molecule has 0 spiro atoms. The van der Waals surface area contributed by atoms with Crippen LogP contribution in [0.3, 0.4) is 0 Å². The third-order valence-electron chi connectivity index (χ3n) is 4.84. The SMILES string of the molecule is CCCNC(=O)[C@H](C)N(Cc1cccc(C)c1)C(=O)COc1cc(OC)cc(OC)c1. The lowest BCUT2D eigenvalue weighted by Crippen LogP contribution is -2.49. The van der Waals surface area contributed by atoms with Crippen LogP contribution in [0.1, 0.15) is 31.4 Å². The monoisotopic (exact) mass is 428 g/mol. The molecule has 0 saturated carbocycles. The summed E-state index contributed by atoms with van der Waals surface area (Å²) in [6.07, 6.45) is 0.824. The Labute approximate surface area is 184 Å². The van der Waals surface area contributed by atoms with E-state index in [9.17, 15) is 9.59 Å². The average Bonchev–Trinajstić information content (AvgIpc) is 2.78. The van der Waals surface area contributed by atoms with Crippen molar-refractivity contribution in [2.24, 2.45) is 0 Å². The molecule has 0 aromatic heterocycles. The third-order valence-corrected chi connectivity index (χ3v) is 4.84. The Balaban J connectivity index is 2.17. The molecular weight excluding hydrogens is 396 g/mol. The zero-order chi connectivity index (χ0) is 22.8. The molecule has 0 aliphatic carbocycles. The quantitative estimate of drug-likeness (QED) is 0.594. The van der Waals surface area contributed by atoms with E-state index in [1.807, 2.05) is 38.1 Å². The van der Waals surface area contributed by atoms with E-state index in [0.29, 0.717) is 30.3 Å². The smallest absolute Gasteiger partial charge is 0.261 e. The predicted molar refractivity (Wildman–Crippen MR) is 120 cm³/mol. The molecule has 1 atom stereocenters. The zero-order valence-corrected chi connectivity index (χ0v) is 18.9. The van der Waals surface area contributed by atoms with Crippen molar-refractivity contribution in [3.8, 4) is 17.2 Å². The summed E-state index contributed by atoms with van der Waals surface area (Å²) in [5, 5.41) is 2.86. The number of hydrogen-bond donors (Lipinski definition) is 1. The summed E-state index contributed by atoms with van der Waals surface area (Å²) in [6, 6.07) is 12.3. The number of carbonyl (C=O) groups excluding carboxylic acids is 2. The Morgan fingerprint density at radius 3 is 2.26 bits per heavy atom. The lowest BCUT2D eigenvalue weighted by Gasteiger charge is -2.29. The summed E-state index contributed by atoms with van der Waals surface area (Å²) in [7, 11) is 3.09. The second-order valence-corrected chi connectivity index (χ2v) is 7.31. The van der Waals surface area contributed by atoms with Gasteiger partial charge in [0, 0.05) is 31.3 Å². The van der Waals surface area contributed by atoms with Crippen LogP contribution in [0.4, 0.5) is 0 Å². The van der Waals surface area contributed by atoms with Crippen LogP contribution >= 0.6 is 0 Å². The number of rotatable bonds is 11. The van der Waals surface area contributed by atoms with Crippen LogP contribution in [0, 0.1) is 6.92 Å². The molecule has 0 bridgehead atoms. The number of benzene rings is 2. The number of methoxy groups -OCH3 is 2. The normalized spacial score (nSPS) is 11.4. The maximum atomic E-state index is 13.1. The van der Waals surface area contributed by atoms with E-state index in [0.717, 1.165) is 17.5 Å². The lowest BCUT2D eigenvalue weighted by molar-refractivity contribution is -0.142. The minimum absolute atomic E-state index is 0.189. The highest BCUT2D eigenvalue weighted by molar-refractivity contribution is 5.87. The Hall–Kier alpha value is -3.22. The second-order valence-electron chi connectivity index (χ2n) is 7.31. The minimum Gasteiger partial charge on any atom is -0.496 e. The first-order valence-electron chi connectivity index (χ1n) is 10.4. The Morgan fingerprint density at radius 2 is 1.68 bits per heavy atom. The fourth-order valence-corrected chi connectivity index (χ4v) is 3.08. The average molecular weight is 429 g/mol. The number of ether oxygens (including phenoxy) is 3. The van der Waals surface area contributed by atoms with E-state index in [1.165, 1.54) is 4.90 Å². The first-order valence-corrected chi connectivity index (χ1v) is 10.4. The highest BCUT2D eigenvalue weighted by Gasteiger charge is 2.26. The van der Waals surface area contributed by atoms with Crippen molar-refractivity contribution in [1.82, 2.24) is 10.2 Å². The van der Waals surface area contributed by atoms with E-state index in [4.69, 9.17) is 14.2 Å². The molecular formula is C24H32N2O5. The van der Waals surface area contributed by atoms with Crippen molar-refractivity contribution in [3.63, 3.8) is 0 Å². The van der Waals surface area contributed by atoms with E-state index >= 15 is 0 Å². The van der Waals surface area contributed by atoms with Gasteiger partial charge in [0.2, 0.25) is 5.91 Å². The molecule has 2 amide bonds. The molecule has 1 N–H and O–H groups in total. The van der Waals surface area contributed by atoms with Crippen LogP contribution in [-0.2, 0) is 16.1 Å². The van der Waals surface area contributed by atoms with Crippen LogP contribution in [0.25, 0.3) is 0 Å². The Bertz CT molecular complexity index is 862. The number of carbonyl (C=O) groups is 2. The molecule has 0 heterocycles. The number of nitrogens with zero attached hydrogens (tertiary/aromatic N) is 1. The summed E-state index contributed by atoms with van der Waals surface area (Å²) >= 11 is 0. The van der Waals surface area contributed by atoms with Gasteiger partial charge in [-0.2, -0.15) is 0 Å². The van der Waals surface area contributed by atoms with Crippen molar-refractivity contribution in [2.75, 3.05) is 27.4 Å². The summed E-state index contributed by atoms with van der Waals surface area (Å²) in [6.45, 7) is 6.37. The van der Waals surface area contributed by atoms with E-state index in [2.05, 4.69) is 5.32 Å². The first kappa shape index (κ1) is 24.1. The highest BCUT2D eigenvalue weighted by Crippen LogP contribution is 2.27. The molecule has 168 valence electrons. The minimum atomic E-state index is -0.636. The standard InChI is InChI=1S/C24H32N2O5/c1-6-10-25-24(28)18(3)26(15-19-9-7-8-17(2)11-19)23(27)16-31-22-13-20(29-4)12-21(14-22)30-5/h7-9,11-14,18H,6,10,15-16H2,1-5H3,(H,25,28)/t18-/m0/s1. The van der Waals surface area contributed by atoms with Gasteiger partial charge in [-0.25, -0.2) is 0 Å². The van der Waals surface area contributed by atoms with Crippen molar-refractivity contribution in [3.05, 3.63) is 53.6 Å². The number of hydrogen-bond acceptors (Lipinski definition) is 5. The maximum Gasteiger partial charge on any atom is 0.261 e. The van der Waals surface area contributed by atoms with E-state index in [1.54, 1.807) is 39.3 Å². The van der Waals surface area contributed by atoms with Crippen molar-refractivity contribution >= 4 is 11.8 Å². The van der Waals surface area contributed by atoms with Gasteiger partial charge in [0.25, 0.3) is 5.91 Å². The van der Waals surface area contributed by atoms with Gasteiger partial charge in [-0.1, -0.05) is 36.8 Å². The molecule has 0 fully saturated rings. The van der Waals surface area contributed by atoms with Gasteiger partial charge >= 0.3 is 0 Å². The van der Waals surface area contributed by atoms with Crippen LogP contribution in [-0.4, -0.2) is 50.1 Å². The molecule has 2 rings (SSSR count). The fraction of sp³-hybridized carbons (Fsp3) is 0.417. The summed E-state index contributed by atoms with van der Waals surface area (Å²) in [5.41, 5.74) is 2.04. The zero-order valence-electron chi connectivity index (χ0n) is 18.9. The van der Waals surface area contributed by atoms with Gasteiger partial charge in [-0.15, -0.1) is 0 Å². The second kappa shape index (κ2) is 11.8. The van der Waals surface area contributed by atoms with Crippen LogP contribution < -0.4 is 19.5 Å². The molecule has 31 heavy (non-hydrogen) atoms. The highest BCUT2D eigenvalue weighted by atomic mass is 16.5. The third kappa shape index (κ3) is 7.20. The molecule has 2 aromatic carbocycles. The van der Waals surface area contributed by atoms with Gasteiger partial charge in [0.1, 0.15) is 23.3 Å². The molecule has 0 radical (unpaired) electrons. The van der Waals surface area contributed by atoms with Gasteiger partial charge in [-0.3, -0.25) is 9.59 Å². The fourth-order valence-electron chi connectivity index (χ4n) is 3.08. The molecule has 7 heteroatoms. The first-order chi connectivity index (χ1) is 14.9. The molecule has 0 saturated heterocycles. The van der Waals surface area contributed by atoms with Crippen LogP contribution in [0.2, 0.25) is 0 Å². The van der Waals surface area contributed by atoms with Gasteiger partial charge in [0.15, 0.2) is 6.61 Å². The Morgan fingerprint density at radius 1 is 1.03 bits per heavy atom. The predicted octanol–water partition coefficient (Wildman–Crippen LogP) is 3.33. The van der Waals surface area contributed by atoms with Gasteiger partial charge in [-0.05, 0) is 25.8 Å². The van der Waals surface area contributed by atoms with E-state index < -0.39 is 6.04 Å². The van der Waals surface area contributed by atoms with Crippen molar-refractivity contribution in [1.29, 1.82) is 0 Å². The number of nitrogens with one attached hydrogen (secondary N) is 1. The summed E-state index contributed by atoms with van der Waals surface area (Å²) in [4.78, 5) is 27.2. The largest absolute Gasteiger partial charge is 0.496 e. The van der Waals surface area contributed by atoms with Gasteiger partial charge < -0.3 is 24.4 Å². The lowest BCUT2D eigenvalue weighted by atomic mass is 10.1. The van der Waals surface area contributed by atoms with Crippen LogP contribution in [0.5, 0.6) is 17.2 Å². The maximum absolute atomic E-state index is 13.1. The molecule has 2 aromatic rings. The van der Waals surface area contributed by atoms with Crippen molar-refractivity contribution in [2.45, 2.75) is 39.8 Å². The van der Waals surface area contributed by atoms with E-state index in [-0.39, 0.29) is 18.4 Å². The number of amides is 2. The molecule has 0 unspecified atom stereocenters. The summed E-state index contributed by atoms with van der Waals surface area (Å²) in [5.74, 6) is 1.09.